The molecule has 3 aromatic rings. The molecule has 0 spiro atoms. The van der Waals surface area contributed by atoms with Crippen molar-refractivity contribution in [1.82, 2.24) is 9.88 Å². The van der Waals surface area contributed by atoms with E-state index in [1.807, 2.05) is 36.4 Å². The van der Waals surface area contributed by atoms with Crippen molar-refractivity contribution in [3.63, 3.8) is 0 Å². The van der Waals surface area contributed by atoms with Gasteiger partial charge in [-0.05, 0) is 60.7 Å². The molecule has 2 amide bonds. The first-order valence-corrected chi connectivity index (χ1v) is 13.0. The molecule has 0 aliphatic carbocycles. The summed E-state index contributed by atoms with van der Waals surface area (Å²) in [5.74, 6) is 1.35. The maximum Gasteiger partial charge on any atom is 0.323 e. The van der Waals surface area contributed by atoms with Gasteiger partial charge in [0.05, 0.1) is 5.69 Å². The van der Waals surface area contributed by atoms with Gasteiger partial charge >= 0.3 is 6.03 Å². The number of benzene rings is 2. The Morgan fingerprint density at radius 3 is 2.82 bits per heavy atom. The summed E-state index contributed by atoms with van der Waals surface area (Å²) in [5.41, 5.74) is 4.02. The summed E-state index contributed by atoms with van der Waals surface area (Å²) in [4.78, 5) is 19.6. The minimum atomic E-state index is -0.226. The number of hydrogen-bond donors (Lipinski definition) is 3. The highest BCUT2D eigenvalue weighted by molar-refractivity contribution is 7.99. The molecule has 4 rings (SSSR count). The van der Waals surface area contributed by atoms with Crippen molar-refractivity contribution in [2.75, 3.05) is 29.5 Å². The summed E-state index contributed by atoms with van der Waals surface area (Å²) in [6, 6.07) is 13.7. The topological polar surface area (TPSA) is 60.2 Å². The molecule has 0 radical (unpaired) electrons. The predicted molar refractivity (Wildman–Crippen MR) is 141 cm³/mol. The monoisotopic (exact) mass is 462 g/mol. The second-order valence-corrected chi connectivity index (χ2v) is 9.80. The number of amides is 2. The molecule has 0 bridgehead atoms. The Kier molecular flexibility index (Phi) is 8.00. The Hall–Kier alpha value is -2.86. The quantitative estimate of drug-likeness (QED) is 0.229. The highest BCUT2D eigenvalue weighted by Crippen LogP contribution is 2.33. The number of anilines is 2. The summed E-state index contributed by atoms with van der Waals surface area (Å²) in [5, 5.41) is 7.17. The second-order valence-electron chi connectivity index (χ2n) is 8.49. The van der Waals surface area contributed by atoms with Crippen molar-refractivity contribution in [1.29, 1.82) is 0 Å². The number of para-hydroxylation sites is 1. The first-order chi connectivity index (χ1) is 16.2. The van der Waals surface area contributed by atoms with Gasteiger partial charge in [0.1, 0.15) is 0 Å². The molecule has 0 saturated heterocycles. The number of allylic oxidation sites excluding steroid dienone is 1. The highest BCUT2D eigenvalue weighted by atomic mass is 32.2. The van der Waals surface area contributed by atoms with Crippen molar-refractivity contribution < 1.29 is 4.79 Å². The fourth-order valence-corrected chi connectivity index (χ4v) is 5.13. The van der Waals surface area contributed by atoms with Gasteiger partial charge in [0.25, 0.3) is 0 Å². The lowest BCUT2D eigenvalue weighted by atomic mass is 9.93. The van der Waals surface area contributed by atoms with E-state index in [1.54, 1.807) is 11.8 Å². The first kappa shape index (κ1) is 23.3. The van der Waals surface area contributed by atoms with Crippen LogP contribution in [-0.2, 0) is 0 Å². The lowest BCUT2D eigenvalue weighted by molar-refractivity contribution is 0.262. The van der Waals surface area contributed by atoms with Crippen LogP contribution in [0.4, 0.5) is 16.2 Å². The molecule has 3 N–H and O–H groups in total. The summed E-state index contributed by atoms with van der Waals surface area (Å²) in [7, 11) is 0. The predicted octanol–water partition coefficient (Wildman–Crippen LogP) is 7.42. The Bertz CT molecular complexity index is 1110. The SMILES string of the molecule is CCCCCN1C=CC(c2c[nH]c3ccc(NC(=O)Nc4ccccc4SCC)cc23)CC1. The van der Waals surface area contributed by atoms with Gasteiger partial charge in [0, 0.05) is 46.7 Å². The van der Waals surface area contributed by atoms with E-state index >= 15 is 0 Å². The minimum absolute atomic E-state index is 0.226. The van der Waals surface area contributed by atoms with Crippen LogP contribution in [0.3, 0.4) is 0 Å². The molecular weight excluding hydrogens is 428 g/mol. The molecule has 1 atom stereocenters. The van der Waals surface area contributed by atoms with E-state index in [9.17, 15) is 4.79 Å². The van der Waals surface area contributed by atoms with Crippen LogP contribution in [0, 0.1) is 0 Å². The number of carbonyl (C=O) groups is 1. The number of hydrogen-bond acceptors (Lipinski definition) is 3. The fraction of sp³-hybridized carbons (Fsp3) is 0.370. The zero-order valence-corrected chi connectivity index (χ0v) is 20.4. The number of aromatic amines is 1. The molecule has 33 heavy (non-hydrogen) atoms. The zero-order valence-electron chi connectivity index (χ0n) is 19.6. The number of urea groups is 1. The summed E-state index contributed by atoms with van der Waals surface area (Å²) < 4.78 is 0. The van der Waals surface area contributed by atoms with E-state index in [2.05, 4.69) is 58.9 Å². The van der Waals surface area contributed by atoms with Crippen molar-refractivity contribution in [3.8, 4) is 0 Å². The van der Waals surface area contributed by atoms with Crippen LogP contribution in [0.2, 0.25) is 0 Å². The minimum Gasteiger partial charge on any atom is -0.378 e. The van der Waals surface area contributed by atoms with Crippen molar-refractivity contribution in [2.45, 2.75) is 50.3 Å². The zero-order chi connectivity index (χ0) is 23.0. The van der Waals surface area contributed by atoms with Crippen LogP contribution >= 0.6 is 11.8 Å². The van der Waals surface area contributed by atoms with Gasteiger partial charge in [-0.1, -0.05) is 44.9 Å². The molecule has 174 valence electrons. The first-order valence-electron chi connectivity index (χ1n) is 12.0. The molecule has 2 heterocycles. The molecule has 1 aromatic heterocycles. The van der Waals surface area contributed by atoms with Gasteiger partial charge in [-0.25, -0.2) is 4.79 Å². The number of nitrogens with zero attached hydrogens (tertiary/aromatic N) is 1. The van der Waals surface area contributed by atoms with Crippen LogP contribution in [0.25, 0.3) is 10.9 Å². The fourth-order valence-electron chi connectivity index (χ4n) is 4.37. The smallest absolute Gasteiger partial charge is 0.323 e. The summed E-state index contributed by atoms with van der Waals surface area (Å²) in [6.45, 7) is 6.59. The average Bonchev–Trinajstić information content (AvgIpc) is 3.24. The number of aromatic nitrogens is 1. The maximum atomic E-state index is 12.7. The van der Waals surface area contributed by atoms with E-state index < -0.39 is 0 Å². The number of thioether (sulfide) groups is 1. The Morgan fingerprint density at radius 2 is 2.03 bits per heavy atom. The van der Waals surface area contributed by atoms with Gasteiger partial charge in [-0.15, -0.1) is 11.8 Å². The number of fused-ring (bicyclic) bond motifs is 1. The van der Waals surface area contributed by atoms with Gasteiger partial charge in [-0.3, -0.25) is 0 Å². The molecule has 0 saturated carbocycles. The summed E-state index contributed by atoms with van der Waals surface area (Å²) in [6.07, 6.45) is 11.6. The van der Waals surface area contributed by atoms with Crippen LogP contribution in [0.1, 0.15) is 51.0 Å². The van der Waals surface area contributed by atoms with Crippen molar-refractivity contribution in [3.05, 3.63) is 66.5 Å². The largest absolute Gasteiger partial charge is 0.378 e. The molecule has 1 unspecified atom stereocenters. The molecule has 0 fully saturated rings. The third-order valence-corrected chi connectivity index (χ3v) is 7.07. The van der Waals surface area contributed by atoms with E-state index in [0.717, 1.165) is 47.1 Å². The number of rotatable bonds is 9. The van der Waals surface area contributed by atoms with E-state index in [-0.39, 0.29) is 6.03 Å². The Labute approximate surface area is 201 Å². The van der Waals surface area contributed by atoms with Crippen LogP contribution in [0.15, 0.2) is 65.8 Å². The standard InChI is InChI=1S/C27H34N4OS/c1-3-5-8-15-31-16-13-20(14-17-31)23-19-28-24-12-11-21(18-22(23)24)29-27(32)30-25-9-6-7-10-26(25)33-4-2/h6-7,9-13,16,18-20,28H,3-5,8,14-15,17H2,1-2H3,(H2,29,30,32). The van der Waals surface area contributed by atoms with Crippen molar-refractivity contribution >= 4 is 40.1 Å². The van der Waals surface area contributed by atoms with E-state index in [4.69, 9.17) is 0 Å². The number of unbranched alkanes of at least 4 members (excludes halogenated alkanes) is 2. The molecular formula is C27H34N4OS. The lowest BCUT2D eigenvalue weighted by Crippen LogP contribution is -2.24. The van der Waals surface area contributed by atoms with E-state index in [1.165, 1.54) is 30.2 Å². The molecule has 5 nitrogen and oxygen atoms in total. The maximum absolute atomic E-state index is 12.7. The van der Waals surface area contributed by atoms with E-state index in [0.29, 0.717) is 5.92 Å². The normalized spacial score (nSPS) is 15.7. The molecule has 1 aliphatic rings. The Morgan fingerprint density at radius 1 is 1.15 bits per heavy atom. The van der Waals surface area contributed by atoms with Gasteiger partial charge < -0.3 is 20.5 Å². The molecule has 1 aliphatic heterocycles. The van der Waals surface area contributed by atoms with Gasteiger partial charge in [0.15, 0.2) is 0 Å². The highest BCUT2D eigenvalue weighted by Gasteiger charge is 2.18. The van der Waals surface area contributed by atoms with Crippen LogP contribution < -0.4 is 10.6 Å². The van der Waals surface area contributed by atoms with Gasteiger partial charge in [0.2, 0.25) is 0 Å². The average molecular weight is 463 g/mol. The number of nitrogens with one attached hydrogen (secondary N) is 3. The third-order valence-electron chi connectivity index (χ3n) is 6.11. The van der Waals surface area contributed by atoms with Crippen LogP contribution in [-0.4, -0.2) is 34.8 Å². The Balaban J connectivity index is 1.44. The number of carbonyl (C=O) groups excluding carboxylic acids is 1. The van der Waals surface area contributed by atoms with Crippen molar-refractivity contribution in [2.24, 2.45) is 0 Å². The second kappa shape index (κ2) is 11.3. The lowest BCUT2D eigenvalue weighted by Gasteiger charge is -2.27. The summed E-state index contributed by atoms with van der Waals surface area (Å²) >= 11 is 1.72. The molecule has 2 aromatic carbocycles. The third kappa shape index (κ3) is 5.93. The molecule has 6 heteroatoms. The number of H-pyrrole nitrogens is 1. The van der Waals surface area contributed by atoms with Crippen LogP contribution in [0.5, 0.6) is 0 Å². The van der Waals surface area contributed by atoms with Gasteiger partial charge in [-0.2, -0.15) is 0 Å².